The topological polar surface area (TPSA) is 51.1 Å². The van der Waals surface area contributed by atoms with Crippen LogP contribution in [0.2, 0.25) is 0 Å². The minimum Gasteiger partial charge on any atom is -0.350 e. The lowest BCUT2D eigenvalue weighted by Crippen LogP contribution is -2.32. The van der Waals surface area contributed by atoms with Crippen molar-refractivity contribution in [2.24, 2.45) is 7.05 Å². The maximum Gasteiger partial charge on any atom is 0.292 e. The van der Waals surface area contributed by atoms with Crippen molar-refractivity contribution in [3.05, 3.63) is 47.7 Å². The first kappa shape index (κ1) is 15.5. The van der Waals surface area contributed by atoms with Crippen LogP contribution in [-0.4, -0.2) is 22.8 Å². The molecule has 1 aromatic heterocycles. The van der Waals surface area contributed by atoms with E-state index in [1.54, 1.807) is 6.20 Å². The average molecular weight is 310 g/mol. The van der Waals surface area contributed by atoms with Gasteiger partial charge in [0.05, 0.1) is 5.56 Å². The zero-order valence-corrected chi connectivity index (χ0v) is 13.5. The summed E-state index contributed by atoms with van der Waals surface area (Å²) in [6, 6.07) is 7.63. The van der Waals surface area contributed by atoms with Gasteiger partial charge in [0, 0.05) is 30.7 Å². The molecule has 2 aromatic rings. The van der Waals surface area contributed by atoms with E-state index in [9.17, 15) is 9.59 Å². The number of hydrogen-bond donors (Lipinski definition) is 1. The maximum atomic E-state index is 12.4. The van der Waals surface area contributed by atoms with Crippen LogP contribution in [0, 0.1) is 0 Å². The number of hydrogen-bond acceptors (Lipinski definition) is 2. The SMILES string of the molecule is Cn1cc(C(=O)C(=O)NCCC2=CCCCC2)c2ccccc21. The Bertz CT molecular complexity index is 771. The Labute approximate surface area is 136 Å². The first-order chi connectivity index (χ1) is 11.2. The summed E-state index contributed by atoms with van der Waals surface area (Å²) in [4.78, 5) is 24.6. The van der Waals surface area contributed by atoms with E-state index in [1.165, 1.54) is 18.4 Å². The monoisotopic (exact) mass is 310 g/mol. The van der Waals surface area contributed by atoms with Crippen LogP contribution in [0.15, 0.2) is 42.1 Å². The number of nitrogens with zero attached hydrogens (tertiary/aromatic N) is 1. The summed E-state index contributed by atoms with van der Waals surface area (Å²) >= 11 is 0. The largest absolute Gasteiger partial charge is 0.350 e. The normalized spacial score (nSPS) is 14.6. The molecule has 1 aliphatic carbocycles. The molecule has 4 heteroatoms. The van der Waals surface area contributed by atoms with Gasteiger partial charge in [-0.1, -0.05) is 29.8 Å². The van der Waals surface area contributed by atoms with Gasteiger partial charge in [-0.15, -0.1) is 0 Å². The third kappa shape index (κ3) is 3.36. The number of Topliss-reactive ketones (excluding diaryl/α,β-unsaturated/α-hetero) is 1. The summed E-state index contributed by atoms with van der Waals surface area (Å²) in [6.45, 7) is 0.529. The van der Waals surface area contributed by atoms with Crippen molar-refractivity contribution in [3.8, 4) is 0 Å². The molecule has 0 fully saturated rings. The standard InChI is InChI=1S/C19H22N2O2/c1-21-13-16(15-9-5-6-10-17(15)21)18(22)19(23)20-12-11-14-7-3-2-4-8-14/h5-7,9-10,13H,2-4,8,11-12H2,1H3,(H,20,23). The van der Waals surface area contributed by atoms with Crippen molar-refractivity contribution in [2.45, 2.75) is 32.1 Å². The molecule has 0 radical (unpaired) electrons. The number of ketones is 1. The number of benzene rings is 1. The predicted octanol–water partition coefficient (Wildman–Crippen LogP) is 3.37. The lowest BCUT2D eigenvalue weighted by atomic mass is 9.97. The molecule has 1 heterocycles. The predicted molar refractivity (Wildman–Crippen MR) is 91.4 cm³/mol. The second-order valence-corrected chi connectivity index (χ2v) is 6.11. The second-order valence-electron chi connectivity index (χ2n) is 6.11. The lowest BCUT2D eigenvalue weighted by molar-refractivity contribution is -0.116. The molecule has 0 saturated heterocycles. The van der Waals surface area contributed by atoms with Crippen LogP contribution in [0.1, 0.15) is 42.5 Å². The van der Waals surface area contributed by atoms with Crippen LogP contribution in [-0.2, 0) is 11.8 Å². The number of para-hydroxylation sites is 1. The van der Waals surface area contributed by atoms with Crippen LogP contribution in [0.3, 0.4) is 0 Å². The summed E-state index contributed by atoms with van der Waals surface area (Å²) in [5.74, 6) is -0.975. The molecule has 1 N–H and O–H groups in total. The first-order valence-corrected chi connectivity index (χ1v) is 8.21. The Morgan fingerprint density at radius 1 is 1.22 bits per heavy atom. The van der Waals surface area contributed by atoms with Gasteiger partial charge in [0.1, 0.15) is 0 Å². The lowest BCUT2D eigenvalue weighted by Gasteiger charge is -2.12. The van der Waals surface area contributed by atoms with Gasteiger partial charge in [-0.3, -0.25) is 9.59 Å². The molecule has 4 nitrogen and oxygen atoms in total. The highest BCUT2D eigenvalue weighted by atomic mass is 16.2. The fourth-order valence-corrected chi connectivity index (χ4v) is 3.19. The number of nitrogens with one attached hydrogen (secondary N) is 1. The Morgan fingerprint density at radius 3 is 2.83 bits per heavy atom. The van der Waals surface area contributed by atoms with Gasteiger partial charge in [0.15, 0.2) is 0 Å². The van der Waals surface area contributed by atoms with Crippen molar-refractivity contribution >= 4 is 22.6 Å². The molecule has 120 valence electrons. The maximum absolute atomic E-state index is 12.4. The highest BCUT2D eigenvalue weighted by Crippen LogP contribution is 2.21. The van der Waals surface area contributed by atoms with Crippen LogP contribution >= 0.6 is 0 Å². The minimum atomic E-state index is -0.516. The number of rotatable bonds is 5. The number of carbonyl (C=O) groups excluding carboxylic acids is 2. The van der Waals surface area contributed by atoms with Crippen molar-refractivity contribution in [1.29, 1.82) is 0 Å². The van der Waals surface area contributed by atoms with Gasteiger partial charge in [-0.05, 0) is 38.2 Å². The highest BCUT2D eigenvalue weighted by Gasteiger charge is 2.20. The second kappa shape index (κ2) is 6.82. The van der Waals surface area contributed by atoms with E-state index < -0.39 is 11.7 Å². The molecule has 1 aromatic carbocycles. The number of amides is 1. The van der Waals surface area contributed by atoms with Crippen molar-refractivity contribution in [3.63, 3.8) is 0 Å². The molecule has 1 amide bonds. The van der Waals surface area contributed by atoms with Crippen LogP contribution in [0.4, 0.5) is 0 Å². The molecule has 0 bridgehead atoms. The fraction of sp³-hybridized carbons (Fsp3) is 0.368. The number of allylic oxidation sites excluding steroid dienone is 1. The Morgan fingerprint density at radius 2 is 2.04 bits per heavy atom. The number of fused-ring (bicyclic) bond motifs is 1. The Balaban J connectivity index is 1.65. The zero-order chi connectivity index (χ0) is 16.2. The van der Waals surface area contributed by atoms with E-state index in [4.69, 9.17) is 0 Å². The van der Waals surface area contributed by atoms with E-state index in [0.717, 1.165) is 30.2 Å². The van der Waals surface area contributed by atoms with Gasteiger partial charge in [-0.25, -0.2) is 0 Å². The van der Waals surface area contributed by atoms with Crippen LogP contribution in [0.25, 0.3) is 10.9 Å². The fourth-order valence-electron chi connectivity index (χ4n) is 3.19. The van der Waals surface area contributed by atoms with Gasteiger partial charge in [0.2, 0.25) is 0 Å². The molecule has 23 heavy (non-hydrogen) atoms. The number of aryl methyl sites for hydroxylation is 1. The summed E-state index contributed by atoms with van der Waals surface area (Å²) < 4.78 is 1.88. The van der Waals surface area contributed by atoms with E-state index in [-0.39, 0.29) is 0 Å². The minimum absolute atomic E-state index is 0.459. The first-order valence-electron chi connectivity index (χ1n) is 8.21. The summed E-state index contributed by atoms with van der Waals surface area (Å²) in [5, 5.41) is 3.59. The molecule has 0 aliphatic heterocycles. The van der Waals surface area contributed by atoms with E-state index >= 15 is 0 Å². The van der Waals surface area contributed by atoms with E-state index in [1.807, 2.05) is 35.9 Å². The van der Waals surface area contributed by atoms with E-state index in [0.29, 0.717) is 12.1 Å². The summed E-state index contributed by atoms with van der Waals surface area (Å²) in [5.41, 5.74) is 2.82. The molecule has 0 spiro atoms. The molecule has 0 atom stereocenters. The van der Waals surface area contributed by atoms with Crippen molar-refractivity contribution in [1.82, 2.24) is 9.88 Å². The van der Waals surface area contributed by atoms with Crippen molar-refractivity contribution in [2.75, 3.05) is 6.54 Å². The quantitative estimate of drug-likeness (QED) is 0.523. The highest BCUT2D eigenvalue weighted by molar-refractivity contribution is 6.45. The van der Waals surface area contributed by atoms with E-state index in [2.05, 4.69) is 11.4 Å². The van der Waals surface area contributed by atoms with Gasteiger partial charge < -0.3 is 9.88 Å². The van der Waals surface area contributed by atoms with Gasteiger partial charge in [0.25, 0.3) is 11.7 Å². The number of carbonyl (C=O) groups is 2. The van der Waals surface area contributed by atoms with Crippen LogP contribution < -0.4 is 5.32 Å². The summed E-state index contributed by atoms with van der Waals surface area (Å²) in [6.07, 6.45) is 9.59. The molecular weight excluding hydrogens is 288 g/mol. The third-order valence-electron chi connectivity index (χ3n) is 4.46. The van der Waals surface area contributed by atoms with Crippen molar-refractivity contribution < 1.29 is 9.59 Å². The Kier molecular flexibility index (Phi) is 4.60. The molecule has 0 saturated carbocycles. The Hall–Kier alpha value is -2.36. The molecule has 3 rings (SSSR count). The van der Waals surface area contributed by atoms with Crippen LogP contribution in [0.5, 0.6) is 0 Å². The molecule has 1 aliphatic rings. The molecular formula is C19H22N2O2. The smallest absolute Gasteiger partial charge is 0.292 e. The number of aromatic nitrogens is 1. The molecule has 0 unspecified atom stereocenters. The van der Waals surface area contributed by atoms with Gasteiger partial charge in [-0.2, -0.15) is 0 Å². The summed E-state index contributed by atoms with van der Waals surface area (Å²) in [7, 11) is 1.88. The average Bonchev–Trinajstić information content (AvgIpc) is 2.92. The zero-order valence-electron chi connectivity index (χ0n) is 13.5. The third-order valence-corrected chi connectivity index (χ3v) is 4.46. The van der Waals surface area contributed by atoms with Gasteiger partial charge >= 0.3 is 0 Å².